The van der Waals surface area contributed by atoms with Gasteiger partial charge in [-0.2, -0.15) is 0 Å². The molecule has 0 aliphatic carbocycles. The molecule has 1 aromatic rings. The van der Waals surface area contributed by atoms with Crippen molar-refractivity contribution in [2.75, 3.05) is 13.1 Å². The predicted molar refractivity (Wildman–Crippen MR) is 75.8 cm³/mol. The van der Waals surface area contributed by atoms with E-state index in [1.807, 2.05) is 13.8 Å². The van der Waals surface area contributed by atoms with Gasteiger partial charge in [0, 0.05) is 17.1 Å². The molecule has 0 saturated carbocycles. The standard InChI is InChI=1S/C13H18ClN3O2/c1-3-6-17(8-12(15)16-19)13(18)10-4-5-11(14)9(2)7-10/h4-5,7,19H,3,6,8H2,1-2H3,(H2,15,16). The molecule has 1 amide bonds. The van der Waals surface area contributed by atoms with Gasteiger partial charge in [0.25, 0.3) is 5.91 Å². The molecule has 0 atom stereocenters. The Morgan fingerprint density at radius 3 is 2.74 bits per heavy atom. The quantitative estimate of drug-likeness (QED) is 0.376. The number of rotatable bonds is 5. The van der Waals surface area contributed by atoms with Gasteiger partial charge >= 0.3 is 0 Å². The fraction of sp³-hybridized carbons (Fsp3) is 0.385. The van der Waals surface area contributed by atoms with Crippen molar-refractivity contribution in [2.24, 2.45) is 10.9 Å². The minimum Gasteiger partial charge on any atom is -0.409 e. The van der Waals surface area contributed by atoms with Crippen LogP contribution in [0.15, 0.2) is 23.4 Å². The van der Waals surface area contributed by atoms with Gasteiger partial charge in [-0.05, 0) is 37.1 Å². The number of carbonyl (C=O) groups excluding carboxylic acids is 1. The Kier molecular flexibility index (Phi) is 5.63. The van der Waals surface area contributed by atoms with Crippen molar-refractivity contribution < 1.29 is 10.0 Å². The average molecular weight is 284 g/mol. The highest BCUT2D eigenvalue weighted by molar-refractivity contribution is 6.31. The van der Waals surface area contributed by atoms with Gasteiger partial charge in [0.05, 0.1) is 6.54 Å². The molecule has 1 rings (SSSR count). The number of nitrogens with two attached hydrogens (primary N) is 1. The molecule has 3 N–H and O–H groups in total. The summed E-state index contributed by atoms with van der Waals surface area (Å²) in [7, 11) is 0. The summed E-state index contributed by atoms with van der Waals surface area (Å²) in [6.07, 6.45) is 0.789. The third-order valence-corrected chi connectivity index (χ3v) is 3.09. The molecule has 0 heterocycles. The second-order valence-electron chi connectivity index (χ2n) is 4.28. The lowest BCUT2D eigenvalue weighted by atomic mass is 10.1. The van der Waals surface area contributed by atoms with Crippen molar-refractivity contribution in [3.63, 3.8) is 0 Å². The normalized spacial score (nSPS) is 11.4. The summed E-state index contributed by atoms with van der Waals surface area (Å²) in [6, 6.07) is 5.10. The molecule has 0 bridgehead atoms. The highest BCUT2D eigenvalue weighted by atomic mass is 35.5. The van der Waals surface area contributed by atoms with Crippen LogP contribution in [-0.4, -0.2) is 34.9 Å². The van der Waals surface area contributed by atoms with Crippen molar-refractivity contribution >= 4 is 23.3 Å². The molecule has 0 aliphatic heterocycles. The fourth-order valence-corrected chi connectivity index (χ4v) is 1.83. The van der Waals surface area contributed by atoms with E-state index < -0.39 is 0 Å². The van der Waals surface area contributed by atoms with E-state index in [2.05, 4.69) is 5.16 Å². The van der Waals surface area contributed by atoms with E-state index in [4.69, 9.17) is 22.5 Å². The number of hydrogen-bond acceptors (Lipinski definition) is 3. The number of halogens is 1. The molecular weight excluding hydrogens is 266 g/mol. The van der Waals surface area contributed by atoms with Crippen LogP contribution in [0.3, 0.4) is 0 Å². The van der Waals surface area contributed by atoms with Gasteiger partial charge in [-0.3, -0.25) is 4.79 Å². The summed E-state index contributed by atoms with van der Waals surface area (Å²) in [5, 5.41) is 12.1. The van der Waals surface area contributed by atoms with E-state index in [0.29, 0.717) is 17.1 Å². The Labute approximate surface area is 117 Å². The molecule has 5 nitrogen and oxygen atoms in total. The number of carbonyl (C=O) groups is 1. The topological polar surface area (TPSA) is 78.9 Å². The van der Waals surface area contributed by atoms with Gasteiger partial charge in [0.2, 0.25) is 0 Å². The molecule has 1 aromatic carbocycles. The highest BCUT2D eigenvalue weighted by Gasteiger charge is 2.17. The van der Waals surface area contributed by atoms with Gasteiger partial charge in [-0.25, -0.2) is 0 Å². The molecule has 104 valence electrons. The molecule has 0 aliphatic rings. The van der Waals surface area contributed by atoms with E-state index in [1.165, 1.54) is 4.90 Å². The van der Waals surface area contributed by atoms with Crippen molar-refractivity contribution in [2.45, 2.75) is 20.3 Å². The molecule has 0 spiro atoms. The third-order valence-electron chi connectivity index (χ3n) is 2.67. The Morgan fingerprint density at radius 1 is 1.53 bits per heavy atom. The lowest BCUT2D eigenvalue weighted by molar-refractivity contribution is 0.0778. The van der Waals surface area contributed by atoms with Crippen LogP contribution in [0.2, 0.25) is 5.02 Å². The van der Waals surface area contributed by atoms with Crippen LogP contribution in [0.5, 0.6) is 0 Å². The Bertz CT molecular complexity index is 489. The van der Waals surface area contributed by atoms with E-state index >= 15 is 0 Å². The average Bonchev–Trinajstić information content (AvgIpc) is 2.40. The van der Waals surface area contributed by atoms with Crippen molar-refractivity contribution in [1.29, 1.82) is 0 Å². The van der Waals surface area contributed by atoms with Crippen molar-refractivity contribution in [3.8, 4) is 0 Å². The van der Waals surface area contributed by atoms with Gasteiger partial charge < -0.3 is 15.8 Å². The highest BCUT2D eigenvalue weighted by Crippen LogP contribution is 2.17. The number of amidine groups is 1. The monoisotopic (exact) mass is 283 g/mol. The number of amides is 1. The number of nitrogens with zero attached hydrogens (tertiary/aromatic N) is 2. The first-order chi connectivity index (χ1) is 8.99. The molecule has 0 fully saturated rings. The van der Waals surface area contributed by atoms with Crippen LogP contribution in [0.25, 0.3) is 0 Å². The van der Waals surface area contributed by atoms with Crippen molar-refractivity contribution in [3.05, 3.63) is 34.3 Å². The van der Waals surface area contributed by atoms with Crippen molar-refractivity contribution in [1.82, 2.24) is 4.90 Å². The van der Waals surface area contributed by atoms with Crippen LogP contribution in [0, 0.1) is 6.92 Å². The number of oxime groups is 1. The maximum Gasteiger partial charge on any atom is 0.254 e. The Balaban J connectivity index is 2.95. The minimum absolute atomic E-state index is 0.00693. The lowest BCUT2D eigenvalue weighted by Crippen LogP contribution is -2.39. The second kappa shape index (κ2) is 6.99. The Hall–Kier alpha value is -1.75. The third kappa shape index (κ3) is 4.13. The lowest BCUT2D eigenvalue weighted by Gasteiger charge is -2.21. The van der Waals surface area contributed by atoms with Crippen LogP contribution in [0.1, 0.15) is 29.3 Å². The maximum atomic E-state index is 12.3. The molecule has 0 unspecified atom stereocenters. The smallest absolute Gasteiger partial charge is 0.254 e. The van der Waals surface area contributed by atoms with E-state index in [-0.39, 0.29) is 18.3 Å². The van der Waals surface area contributed by atoms with Crippen LogP contribution < -0.4 is 5.73 Å². The molecular formula is C13H18ClN3O2. The van der Waals surface area contributed by atoms with E-state index in [0.717, 1.165) is 12.0 Å². The first-order valence-electron chi connectivity index (χ1n) is 6.01. The largest absolute Gasteiger partial charge is 0.409 e. The molecule has 19 heavy (non-hydrogen) atoms. The molecule has 0 radical (unpaired) electrons. The molecule has 6 heteroatoms. The number of benzene rings is 1. The van der Waals surface area contributed by atoms with E-state index in [1.54, 1.807) is 18.2 Å². The van der Waals surface area contributed by atoms with Gasteiger partial charge in [0.15, 0.2) is 5.84 Å². The van der Waals surface area contributed by atoms with Crippen LogP contribution in [0.4, 0.5) is 0 Å². The number of aryl methyl sites for hydroxylation is 1. The predicted octanol–water partition coefficient (Wildman–Crippen LogP) is 2.25. The summed E-state index contributed by atoms with van der Waals surface area (Å²) in [5.74, 6) is -0.152. The summed E-state index contributed by atoms with van der Waals surface area (Å²) in [4.78, 5) is 13.9. The van der Waals surface area contributed by atoms with Gasteiger partial charge in [0.1, 0.15) is 0 Å². The fourth-order valence-electron chi connectivity index (χ4n) is 1.71. The second-order valence-corrected chi connectivity index (χ2v) is 4.69. The van der Waals surface area contributed by atoms with Gasteiger partial charge in [-0.15, -0.1) is 0 Å². The molecule has 0 aromatic heterocycles. The maximum absolute atomic E-state index is 12.3. The van der Waals surface area contributed by atoms with Crippen LogP contribution in [-0.2, 0) is 0 Å². The zero-order valence-corrected chi connectivity index (χ0v) is 11.8. The SMILES string of the molecule is CCCN(C/C(N)=N/O)C(=O)c1ccc(Cl)c(C)c1. The van der Waals surface area contributed by atoms with E-state index in [9.17, 15) is 4.79 Å². The first kappa shape index (κ1) is 15.3. The summed E-state index contributed by atoms with van der Waals surface area (Å²) < 4.78 is 0. The van der Waals surface area contributed by atoms with Crippen LogP contribution >= 0.6 is 11.6 Å². The minimum atomic E-state index is -0.159. The zero-order valence-electron chi connectivity index (χ0n) is 11.1. The summed E-state index contributed by atoms with van der Waals surface area (Å²) in [6.45, 7) is 4.44. The van der Waals surface area contributed by atoms with Gasteiger partial charge in [-0.1, -0.05) is 23.7 Å². The summed E-state index contributed by atoms with van der Waals surface area (Å²) >= 11 is 5.94. The summed E-state index contributed by atoms with van der Waals surface area (Å²) in [5.41, 5.74) is 6.84. The first-order valence-corrected chi connectivity index (χ1v) is 6.39. The molecule has 0 saturated heterocycles. The zero-order chi connectivity index (χ0) is 14.4. The Morgan fingerprint density at radius 2 is 2.21 bits per heavy atom. The number of hydrogen-bond donors (Lipinski definition) is 2.